The van der Waals surface area contributed by atoms with E-state index in [-0.39, 0.29) is 12.2 Å². The SMILES string of the molecule is CCCC/C=C\CCCCCCCCOC1CNC[C@H]1OCCCCCCCC/C=C\CCCC. The highest BCUT2D eigenvalue weighted by atomic mass is 16.5. The predicted molar refractivity (Wildman–Crippen MR) is 154 cm³/mol. The van der Waals surface area contributed by atoms with Crippen LogP contribution in [0.3, 0.4) is 0 Å². The first-order valence-electron chi connectivity index (χ1n) is 15.6. The largest absolute Gasteiger partial charge is 0.374 e. The number of unbranched alkanes of at least 4 members (excludes halogenated alkanes) is 16. The van der Waals surface area contributed by atoms with Crippen molar-refractivity contribution in [3.63, 3.8) is 0 Å². The maximum Gasteiger partial charge on any atom is 0.0973 e. The van der Waals surface area contributed by atoms with Crippen molar-refractivity contribution in [2.75, 3.05) is 26.3 Å². The molecule has 0 aromatic carbocycles. The molecule has 0 aliphatic carbocycles. The van der Waals surface area contributed by atoms with Crippen molar-refractivity contribution in [3.05, 3.63) is 24.3 Å². The highest BCUT2D eigenvalue weighted by Gasteiger charge is 2.28. The van der Waals surface area contributed by atoms with Crippen LogP contribution in [-0.2, 0) is 9.47 Å². The number of rotatable bonds is 26. The van der Waals surface area contributed by atoms with Gasteiger partial charge < -0.3 is 14.8 Å². The van der Waals surface area contributed by atoms with E-state index in [0.717, 1.165) is 26.3 Å². The molecule has 1 saturated heterocycles. The Morgan fingerprint density at radius 1 is 0.486 bits per heavy atom. The van der Waals surface area contributed by atoms with E-state index >= 15 is 0 Å². The van der Waals surface area contributed by atoms with Crippen molar-refractivity contribution < 1.29 is 9.47 Å². The van der Waals surface area contributed by atoms with Crippen LogP contribution in [0.25, 0.3) is 0 Å². The average Bonchev–Trinajstić information content (AvgIpc) is 3.32. The van der Waals surface area contributed by atoms with E-state index in [1.165, 1.54) is 128 Å². The van der Waals surface area contributed by atoms with Crippen molar-refractivity contribution in [1.82, 2.24) is 5.32 Å². The summed E-state index contributed by atoms with van der Waals surface area (Å²) < 4.78 is 12.3. The quantitative estimate of drug-likeness (QED) is 0.0965. The van der Waals surface area contributed by atoms with Crippen LogP contribution >= 0.6 is 0 Å². The molecule has 206 valence electrons. The second-order valence-electron chi connectivity index (χ2n) is 10.5. The van der Waals surface area contributed by atoms with Crippen molar-refractivity contribution in [2.24, 2.45) is 0 Å². The molecule has 1 fully saturated rings. The topological polar surface area (TPSA) is 30.5 Å². The molecule has 3 heteroatoms. The number of nitrogens with one attached hydrogen (secondary N) is 1. The summed E-state index contributed by atoms with van der Waals surface area (Å²) in [6.45, 7) is 8.19. The van der Waals surface area contributed by atoms with Crippen molar-refractivity contribution >= 4 is 0 Å². The first-order valence-corrected chi connectivity index (χ1v) is 15.6. The van der Waals surface area contributed by atoms with Crippen LogP contribution in [0.4, 0.5) is 0 Å². The van der Waals surface area contributed by atoms with Crippen molar-refractivity contribution in [1.29, 1.82) is 0 Å². The molecule has 0 amide bonds. The van der Waals surface area contributed by atoms with Crippen LogP contribution in [0.15, 0.2) is 24.3 Å². The van der Waals surface area contributed by atoms with E-state index in [2.05, 4.69) is 43.5 Å². The summed E-state index contributed by atoms with van der Waals surface area (Å²) in [6.07, 6.45) is 36.2. The molecule has 1 unspecified atom stereocenters. The molecule has 1 aliphatic rings. The fourth-order valence-corrected chi connectivity index (χ4v) is 4.69. The molecule has 0 spiro atoms. The summed E-state index contributed by atoms with van der Waals surface area (Å²) in [4.78, 5) is 0. The van der Waals surface area contributed by atoms with Crippen LogP contribution in [0.2, 0.25) is 0 Å². The summed E-state index contributed by atoms with van der Waals surface area (Å²) in [7, 11) is 0. The zero-order valence-electron chi connectivity index (χ0n) is 23.8. The normalized spacial score (nSPS) is 18.5. The van der Waals surface area contributed by atoms with Gasteiger partial charge in [-0.15, -0.1) is 0 Å². The Hall–Kier alpha value is -0.640. The van der Waals surface area contributed by atoms with Gasteiger partial charge in [-0.3, -0.25) is 0 Å². The van der Waals surface area contributed by atoms with Crippen molar-refractivity contribution in [3.8, 4) is 0 Å². The van der Waals surface area contributed by atoms with Gasteiger partial charge in [0.05, 0.1) is 12.2 Å². The van der Waals surface area contributed by atoms with E-state index in [0.29, 0.717) is 0 Å². The number of hydrogen-bond acceptors (Lipinski definition) is 3. The van der Waals surface area contributed by atoms with Crippen LogP contribution in [0.5, 0.6) is 0 Å². The molecule has 0 aromatic rings. The van der Waals surface area contributed by atoms with Gasteiger partial charge >= 0.3 is 0 Å². The maximum atomic E-state index is 6.17. The third-order valence-electron chi connectivity index (χ3n) is 7.08. The fourth-order valence-electron chi connectivity index (χ4n) is 4.69. The molecule has 2 atom stereocenters. The third kappa shape index (κ3) is 21.2. The standard InChI is InChI=1S/C32H61NO2/c1-3-5-7-9-11-13-15-17-19-21-23-25-27-34-31-29-33-30-32(31)35-28-26-24-22-20-18-16-14-12-10-8-6-4-2/h9-12,31-33H,3-8,13-30H2,1-2H3/b11-9-,12-10-/t31-,32?/m1/s1. The molecule has 1 N–H and O–H groups in total. The predicted octanol–water partition coefficient (Wildman–Crippen LogP) is 9.31. The van der Waals surface area contributed by atoms with Gasteiger partial charge in [-0.05, 0) is 51.4 Å². The van der Waals surface area contributed by atoms with Gasteiger partial charge in [-0.25, -0.2) is 0 Å². The van der Waals surface area contributed by atoms with Gasteiger partial charge in [0.25, 0.3) is 0 Å². The molecular weight excluding hydrogens is 430 g/mol. The van der Waals surface area contributed by atoms with Crippen LogP contribution in [-0.4, -0.2) is 38.5 Å². The van der Waals surface area contributed by atoms with Gasteiger partial charge in [0.1, 0.15) is 0 Å². The molecule has 0 saturated carbocycles. The zero-order chi connectivity index (χ0) is 25.1. The molecule has 1 rings (SSSR count). The fraction of sp³-hybridized carbons (Fsp3) is 0.875. The summed E-state index contributed by atoms with van der Waals surface area (Å²) in [5, 5.41) is 3.45. The van der Waals surface area contributed by atoms with E-state index < -0.39 is 0 Å². The monoisotopic (exact) mass is 491 g/mol. The first-order chi connectivity index (χ1) is 17.4. The molecule has 35 heavy (non-hydrogen) atoms. The van der Waals surface area contributed by atoms with Crippen LogP contribution < -0.4 is 5.32 Å². The van der Waals surface area contributed by atoms with E-state index in [4.69, 9.17) is 9.47 Å². The Balaban J connectivity index is 1.86. The minimum atomic E-state index is 0.250. The number of ether oxygens (including phenoxy) is 2. The Morgan fingerprint density at radius 2 is 0.829 bits per heavy atom. The van der Waals surface area contributed by atoms with Crippen LogP contribution in [0, 0.1) is 0 Å². The zero-order valence-corrected chi connectivity index (χ0v) is 23.8. The van der Waals surface area contributed by atoms with Gasteiger partial charge in [-0.1, -0.05) is 115 Å². The molecule has 0 radical (unpaired) electrons. The number of allylic oxidation sites excluding steroid dienone is 4. The second-order valence-corrected chi connectivity index (χ2v) is 10.5. The summed E-state index contributed by atoms with van der Waals surface area (Å²) in [5.74, 6) is 0. The minimum absolute atomic E-state index is 0.250. The second kappa shape index (κ2) is 26.4. The highest BCUT2D eigenvalue weighted by molar-refractivity contribution is 4.83. The van der Waals surface area contributed by atoms with E-state index in [9.17, 15) is 0 Å². The minimum Gasteiger partial charge on any atom is -0.374 e. The molecule has 1 aliphatic heterocycles. The molecule has 0 bridgehead atoms. The summed E-state index contributed by atoms with van der Waals surface area (Å²) in [5.41, 5.74) is 0. The number of hydrogen-bond donors (Lipinski definition) is 1. The first kappa shape index (κ1) is 32.4. The van der Waals surface area contributed by atoms with Crippen LogP contribution in [0.1, 0.15) is 142 Å². The van der Waals surface area contributed by atoms with Gasteiger partial charge in [0.15, 0.2) is 0 Å². The molecular formula is C32H61NO2. The average molecular weight is 492 g/mol. The lowest BCUT2D eigenvalue weighted by atomic mass is 10.1. The molecule has 0 aromatic heterocycles. The Kier molecular flexibility index (Phi) is 24.5. The Bertz CT molecular complexity index is 434. The van der Waals surface area contributed by atoms with E-state index in [1.54, 1.807) is 0 Å². The maximum absolute atomic E-state index is 6.17. The Morgan fingerprint density at radius 3 is 1.23 bits per heavy atom. The van der Waals surface area contributed by atoms with Gasteiger partial charge in [0.2, 0.25) is 0 Å². The lowest BCUT2D eigenvalue weighted by Gasteiger charge is -2.20. The summed E-state index contributed by atoms with van der Waals surface area (Å²) in [6, 6.07) is 0. The lowest BCUT2D eigenvalue weighted by molar-refractivity contribution is -0.0481. The Labute approximate surface area is 219 Å². The third-order valence-corrected chi connectivity index (χ3v) is 7.08. The molecule has 3 nitrogen and oxygen atoms in total. The molecule has 1 heterocycles. The van der Waals surface area contributed by atoms with Crippen molar-refractivity contribution in [2.45, 2.75) is 154 Å². The highest BCUT2D eigenvalue weighted by Crippen LogP contribution is 2.14. The van der Waals surface area contributed by atoms with E-state index in [1.807, 2.05) is 0 Å². The lowest BCUT2D eigenvalue weighted by Crippen LogP contribution is -2.30. The van der Waals surface area contributed by atoms with Gasteiger partial charge in [-0.2, -0.15) is 0 Å². The summed E-state index contributed by atoms with van der Waals surface area (Å²) >= 11 is 0. The van der Waals surface area contributed by atoms with Gasteiger partial charge in [0, 0.05) is 26.3 Å². The smallest absolute Gasteiger partial charge is 0.0973 e.